The minimum Gasteiger partial charge on any atom is -0.380 e. The molecule has 1 aromatic heterocycles. The molecule has 0 aromatic carbocycles. The van der Waals surface area contributed by atoms with Crippen molar-refractivity contribution in [2.45, 2.75) is 26.0 Å². The molecule has 6 heteroatoms. The van der Waals surface area contributed by atoms with E-state index >= 15 is 0 Å². The van der Waals surface area contributed by atoms with Gasteiger partial charge in [-0.05, 0) is 25.6 Å². The van der Waals surface area contributed by atoms with E-state index in [-0.39, 0.29) is 0 Å². The molecule has 0 spiro atoms. The molecule has 0 saturated carbocycles. The average Bonchev–Trinajstić information content (AvgIpc) is 2.83. The van der Waals surface area contributed by atoms with E-state index in [9.17, 15) is 0 Å². The summed E-state index contributed by atoms with van der Waals surface area (Å²) in [6.45, 7) is 4.80. The fraction of sp³-hybridized carbons (Fsp3) is 0.778. The second-order valence-electron chi connectivity index (χ2n) is 3.67. The van der Waals surface area contributed by atoms with Crippen LogP contribution in [0.2, 0.25) is 0 Å². The third kappa shape index (κ3) is 1.91. The summed E-state index contributed by atoms with van der Waals surface area (Å²) in [5, 5.41) is 7.08. The first kappa shape index (κ1) is 10.6. The predicted octanol–water partition coefficient (Wildman–Crippen LogP) is 1.19. The number of aromatic nitrogens is 3. The number of nitrogens with one attached hydrogen (secondary N) is 1. The molecule has 1 fully saturated rings. The Morgan fingerprint density at radius 1 is 1.67 bits per heavy atom. The Labute approximate surface area is 94.0 Å². The van der Waals surface area contributed by atoms with E-state index in [0.29, 0.717) is 10.9 Å². The maximum Gasteiger partial charge on any atom is 0.225 e. The van der Waals surface area contributed by atoms with Crippen molar-refractivity contribution in [3.05, 3.63) is 4.77 Å². The third-order valence-electron chi connectivity index (χ3n) is 2.82. The van der Waals surface area contributed by atoms with Crippen LogP contribution in [0.3, 0.4) is 0 Å². The lowest BCUT2D eigenvalue weighted by Gasteiger charge is -2.17. The number of hydrogen-bond acceptors (Lipinski definition) is 4. The highest BCUT2D eigenvalue weighted by Gasteiger charge is 2.25. The Balaban J connectivity index is 2.20. The summed E-state index contributed by atoms with van der Waals surface area (Å²) in [4.78, 5) is 2.21. The second kappa shape index (κ2) is 4.32. The Kier molecular flexibility index (Phi) is 3.06. The normalized spacial score (nSPS) is 21.2. The Morgan fingerprint density at radius 2 is 2.47 bits per heavy atom. The van der Waals surface area contributed by atoms with Gasteiger partial charge in [0.25, 0.3) is 0 Å². The smallest absolute Gasteiger partial charge is 0.225 e. The van der Waals surface area contributed by atoms with E-state index in [1.54, 1.807) is 7.11 Å². The number of hydrogen-bond donors (Lipinski definition) is 1. The van der Waals surface area contributed by atoms with E-state index in [4.69, 9.17) is 17.0 Å². The molecule has 2 rings (SSSR count). The maximum atomic E-state index is 5.33. The zero-order chi connectivity index (χ0) is 10.8. The van der Waals surface area contributed by atoms with Crippen molar-refractivity contribution >= 4 is 18.2 Å². The Hall–Kier alpha value is -0.880. The van der Waals surface area contributed by atoms with E-state index in [1.807, 2.05) is 4.57 Å². The minimum atomic E-state index is 0.320. The van der Waals surface area contributed by atoms with Crippen LogP contribution in [-0.4, -0.2) is 41.1 Å². The number of H-pyrrole nitrogens is 1. The lowest BCUT2D eigenvalue weighted by molar-refractivity contribution is 0.121. The summed E-state index contributed by atoms with van der Waals surface area (Å²) in [6, 6.07) is 0. The number of ether oxygens (including phenoxy) is 1. The summed E-state index contributed by atoms with van der Waals surface area (Å²) < 4.78 is 8.02. The second-order valence-corrected chi connectivity index (χ2v) is 4.05. The van der Waals surface area contributed by atoms with Crippen LogP contribution in [0.25, 0.3) is 0 Å². The molecular formula is C9H16N4OS. The molecule has 0 radical (unpaired) electrons. The molecule has 1 atom stereocenters. The topological polar surface area (TPSA) is 46.1 Å². The van der Waals surface area contributed by atoms with E-state index in [0.717, 1.165) is 32.0 Å². The van der Waals surface area contributed by atoms with Gasteiger partial charge < -0.3 is 9.64 Å². The first-order valence-electron chi connectivity index (χ1n) is 5.19. The van der Waals surface area contributed by atoms with Gasteiger partial charge in [0.15, 0.2) is 4.77 Å². The number of methoxy groups -OCH3 is 1. The van der Waals surface area contributed by atoms with Crippen molar-refractivity contribution in [2.75, 3.05) is 25.1 Å². The minimum absolute atomic E-state index is 0.320. The van der Waals surface area contributed by atoms with E-state index < -0.39 is 0 Å². The van der Waals surface area contributed by atoms with Crippen molar-refractivity contribution < 1.29 is 4.74 Å². The number of anilines is 1. The fourth-order valence-electron chi connectivity index (χ4n) is 1.94. The van der Waals surface area contributed by atoms with Gasteiger partial charge in [-0.3, -0.25) is 4.57 Å². The van der Waals surface area contributed by atoms with Crippen LogP contribution in [0.1, 0.15) is 13.3 Å². The summed E-state index contributed by atoms with van der Waals surface area (Å²) in [5.74, 6) is 0.932. The van der Waals surface area contributed by atoms with Gasteiger partial charge in [-0.2, -0.15) is 0 Å². The molecule has 5 nitrogen and oxygen atoms in total. The van der Waals surface area contributed by atoms with Crippen LogP contribution in [0.15, 0.2) is 0 Å². The van der Waals surface area contributed by atoms with Gasteiger partial charge in [0.2, 0.25) is 5.95 Å². The monoisotopic (exact) mass is 228 g/mol. The van der Waals surface area contributed by atoms with Gasteiger partial charge in [0.1, 0.15) is 0 Å². The first-order valence-corrected chi connectivity index (χ1v) is 5.60. The van der Waals surface area contributed by atoms with E-state index in [2.05, 4.69) is 22.0 Å². The highest BCUT2D eigenvalue weighted by Crippen LogP contribution is 2.19. The molecule has 2 heterocycles. The molecule has 1 aliphatic rings. The number of nitrogens with zero attached hydrogens (tertiary/aromatic N) is 3. The van der Waals surface area contributed by atoms with Gasteiger partial charge in [0.05, 0.1) is 6.10 Å². The molecule has 1 aromatic rings. The van der Waals surface area contributed by atoms with Crippen LogP contribution in [0, 0.1) is 4.77 Å². The highest BCUT2D eigenvalue weighted by molar-refractivity contribution is 7.71. The molecular weight excluding hydrogens is 212 g/mol. The zero-order valence-corrected chi connectivity index (χ0v) is 9.88. The van der Waals surface area contributed by atoms with Crippen molar-refractivity contribution in [2.24, 2.45) is 0 Å². The van der Waals surface area contributed by atoms with Crippen molar-refractivity contribution in [3.8, 4) is 0 Å². The van der Waals surface area contributed by atoms with Crippen LogP contribution < -0.4 is 4.90 Å². The molecule has 1 aliphatic heterocycles. The molecule has 1 saturated heterocycles. The van der Waals surface area contributed by atoms with Crippen molar-refractivity contribution in [1.29, 1.82) is 0 Å². The summed E-state index contributed by atoms with van der Waals surface area (Å²) in [6.07, 6.45) is 1.38. The molecule has 1 unspecified atom stereocenters. The summed E-state index contributed by atoms with van der Waals surface area (Å²) in [7, 11) is 1.76. The Morgan fingerprint density at radius 3 is 3.07 bits per heavy atom. The van der Waals surface area contributed by atoms with Crippen molar-refractivity contribution in [3.63, 3.8) is 0 Å². The van der Waals surface area contributed by atoms with Crippen LogP contribution >= 0.6 is 12.2 Å². The zero-order valence-electron chi connectivity index (χ0n) is 9.06. The highest BCUT2D eigenvalue weighted by atomic mass is 32.1. The van der Waals surface area contributed by atoms with Gasteiger partial charge in [0, 0.05) is 26.7 Å². The lowest BCUT2D eigenvalue weighted by Crippen LogP contribution is -2.25. The molecule has 0 aliphatic carbocycles. The van der Waals surface area contributed by atoms with Crippen LogP contribution in [-0.2, 0) is 11.3 Å². The number of aromatic amines is 1. The van der Waals surface area contributed by atoms with Gasteiger partial charge in [-0.25, -0.2) is 5.10 Å². The largest absolute Gasteiger partial charge is 0.380 e. The fourth-order valence-corrected chi connectivity index (χ4v) is 2.19. The molecule has 0 bridgehead atoms. The Bertz CT molecular complexity index is 386. The molecule has 84 valence electrons. The molecule has 0 amide bonds. The van der Waals surface area contributed by atoms with Crippen LogP contribution in [0.4, 0.5) is 5.95 Å². The van der Waals surface area contributed by atoms with Gasteiger partial charge in [-0.1, -0.05) is 0 Å². The summed E-state index contributed by atoms with van der Waals surface area (Å²) >= 11 is 5.15. The SMILES string of the molecule is CCn1c(N2CCC(OC)C2)n[nH]c1=S. The predicted molar refractivity (Wildman–Crippen MR) is 60.7 cm³/mol. The summed E-state index contributed by atoms with van der Waals surface area (Å²) in [5.41, 5.74) is 0. The van der Waals surface area contributed by atoms with Gasteiger partial charge >= 0.3 is 0 Å². The van der Waals surface area contributed by atoms with Gasteiger partial charge in [-0.15, -0.1) is 5.10 Å². The van der Waals surface area contributed by atoms with E-state index in [1.165, 1.54) is 0 Å². The molecule has 1 N–H and O–H groups in total. The average molecular weight is 228 g/mol. The van der Waals surface area contributed by atoms with Crippen LogP contribution in [0.5, 0.6) is 0 Å². The standard InChI is InChI=1S/C9H16N4OS/c1-3-13-8(10-11-9(13)15)12-5-4-7(6-12)14-2/h7H,3-6H2,1-2H3,(H,11,15). The lowest BCUT2D eigenvalue weighted by atomic mass is 10.3. The third-order valence-corrected chi connectivity index (χ3v) is 3.13. The maximum absolute atomic E-state index is 5.33. The first-order chi connectivity index (χ1) is 7.26. The molecule has 15 heavy (non-hydrogen) atoms. The number of rotatable bonds is 3. The quantitative estimate of drug-likeness (QED) is 0.789. The van der Waals surface area contributed by atoms with Crippen molar-refractivity contribution in [1.82, 2.24) is 14.8 Å².